The Morgan fingerprint density at radius 2 is 2.00 bits per heavy atom. The number of rotatable bonds is 0. The lowest BCUT2D eigenvalue weighted by Gasteiger charge is -2.24. The second-order valence-electron chi connectivity index (χ2n) is 3.82. The Balaban J connectivity index is 2.31. The highest BCUT2D eigenvalue weighted by molar-refractivity contribution is 7.91. The van der Waals surface area contributed by atoms with E-state index in [1.54, 1.807) is 18.2 Å². The maximum atomic E-state index is 12.3. The van der Waals surface area contributed by atoms with Gasteiger partial charge >= 0.3 is 0 Å². The topological polar surface area (TPSA) is 40.1 Å². The van der Waals surface area contributed by atoms with Crippen LogP contribution in [-0.2, 0) is 10.8 Å². The van der Waals surface area contributed by atoms with Gasteiger partial charge in [-0.3, -0.25) is 4.79 Å². The van der Waals surface area contributed by atoms with Crippen LogP contribution in [0.5, 0.6) is 0 Å². The molecular formula is C13H10O2S. The SMILES string of the molecule is O=C1c2ccccc2[SH+]([O-])=C2C=CC=CC12. The lowest BCUT2D eigenvalue weighted by Crippen LogP contribution is -2.31. The van der Waals surface area contributed by atoms with Gasteiger partial charge in [0.25, 0.3) is 0 Å². The van der Waals surface area contributed by atoms with Crippen LogP contribution in [-0.4, -0.2) is 15.2 Å². The Labute approximate surface area is 96.1 Å². The van der Waals surface area contributed by atoms with E-state index in [9.17, 15) is 9.35 Å². The van der Waals surface area contributed by atoms with Crippen molar-refractivity contribution in [3.8, 4) is 0 Å². The number of carbonyl (C=O) groups excluding carboxylic acids is 1. The van der Waals surface area contributed by atoms with Crippen molar-refractivity contribution in [2.24, 2.45) is 5.92 Å². The molecule has 16 heavy (non-hydrogen) atoms. The van der Waals surface area contributed by atoms with Gasteiger partial charge in [-0.15, -0.1) is 10.8 Å². The van der Waals surface area contributed by atoms with Crippen molar-refractivity contribution >= 4 is 21.4 Å². The molecule has 2 atom stereocenters. The van der Waals surface area contributed by atoms with E-state index in [0.29, 0.717) is 10.5 Å². The van der Waals surface area contributed by atoms with Crippen LogP contribution in [0, 0.1) is 5.92 Å². The third-order valence-electron chi connectivity index (χ3n) is 2.91. The molecule has 3 heteroatoms. The minimum atomic E-state index is -1.58. The molecule has 1 aromatic carbocycles. The number of fused-ring (bicyclic) bond motifs is 2. The zero-order chi connectivity index (χ0) is 11.1. The lowest BCUT2D eigenvalue weighted by atomic mass is 9.91. The Bertz CT molecular complexity index is 567. The van der Waals surface area contributed by atoms with E-state index < -0.39 is 10.8 Å². The van der Waals surface area contributed by atoms with Crippen molar-refractivity contribution in [2.75, 3.05) is 0 Å². The summed E-state index contributed by atoms with van der Waals surface area (Å²) in [5, 5.41) is 0. The molecule has 2 nitrogen and oxygen atoms in total. The standard InChI is InChI=1S/C13H10O2S/c14-13-9-5-1-3-7-11(9)16(15)12-8-4-2-6-10(12)13/h1-9,16H. The normalized spacial score (nSPS) is 26.6. The summed E-state index contributed by atoms with van der Waals surface area (Å²) in [7, 11) is -1.58. The fourth-order valence-electron chi connectivity index (χ4n) is 2.11. The number of Topliss-reactive ketones (excluding diaryl/α,β-unsaturated/α-hetero) is 1. The Morgan fingerprint density at radius 3 is 2.88 bits per heavy atom. The average Bonchev–Trinajstić information content (AvgIpc) is 2.36. The van der Waals surface area contributed by atoms with Crippen molar-refractivity contribution < 1.29 is 9.35 Å². The molecule has 2 unspecified atom stereocenters. The Kier molecular flexibility index (Phi) is 2.16. The number of carbonyl (C=O) groups is 1. The summed E-state index contributed by atoms with van der Waals surface area (Å²) in [6.45, 7) is 0. The van der Waals surface area contributed by atoms with Crippen LogP contribution in [0.1, 0.15) is 10.4 Å². The number of thiol groups is 1. The molecule has 1 aromatic rings. The summed E-state index contributed by atoms with van der Waals surface area (Å²) in [5.74, 6) is -0.260. The number of allylic oxidation sites excluding steroid dienone is 4. The molecule has 1 aliphatic carbocycles. The molecule has 3 rings (SSSR count). The van der Waals surface area contributed by atoms with E-state index in [4.69, 9.17) is 0 Å². The maximum absolute atomic E-state index is 12.3. The quantitative estimate of drug-likeness (QED) is 0.386. The third kappa shape index (κ3) is 1.25. The highest BCUT2D eigenvalue weighted by atomic mass is 32.2. The molecule has 0 spiro atoms. The van der Waals surface area contributed by atoms with Crippen LogP contribution in [0.2, 0.25) is 0 Å². The molecule has 0 saturated heterocycles. The molecule has 0 bridgehead atoms. The van der Waals surface area contributed by atoms with Gasteiger partial charge in [0.15, 0.2) is 5.78 Å². The van der Waals surface area contributed by atoms with Gasteiger partial charge in [0.1, 0.15) is 15.7 Å². The molecule has 2 aliphatic rings. The van der Waals surface area contributed by atoms with E-state index in [2.05, 4.69) is 0 Å². The fraction of sp³-hybridized carbons (Fsp3) is 0.0769. The highest BCUT2D eigenvalue weighted by Gasteiger charge is 2.33. The monoisotopic (exact) mass is 230 g/mol. The van der Waals surface area contributed by atoms with E-state index in [-0.39, 0.29) is 11.7 Å². The first kappa shape index (κ1) is 9.75. The lowest BCUT2D eigenvalue weighted by molar-refractivity contribution is 0.0969. The van der Waals surface area contributed by atoms with Crippen LogP contribution < -0.4 is 0 Å². The molecule has 0 aromatic heterocycles. The highest BCUT2D eigenvalue weighted by Crippen LogP contribution is 2.27. The van der Waals surface area contributed by atoms with Gasteiger partial charge < -0.3 is 4.55 Å². The molecule has 0 saturated carbocycles. The predicted molar refractivity (Wildman–Crippen MR) is 65.4 cm³/mol. The van der Waals surface area contributed by atoms with Gasteiger partial charge in [-0.25, -0.2) is 0 Å². The molecular weight excluding hydrogens is 220 g/mol. The number of benzene rings is 1. The van der Waals surface area contributed by atoms with Gasteiger partial charge in [-0.2, -0.15) is 0 Å². The second kappa shape index (κ2) is 3.54. The predicted octanol–water partition coefficient (Wildman–Crippen LogP) is 1.64. The second-order valence-corrected chi connectivity index (χ2v) is 5.41. The first-order valence-electron chi connectivity index (χ1n) is 5.11. The van der Waals surface area contributed by atoms with Gasteiger partial charge in [0.2, 0.25) is 0 Å². The minimum absolute atomic E-state index is 0.0563. The van der Waals surface area contributed by atoms with Crippen LogP contribution in [0.25, 0.3) is 0 Å². The average molecular weight is 230 g/mol. The molecule has 80 valence electrons. The third-order valence-corrected chi connectivity index (χ3v) is 4.63. The fourth-order valence-corrected chi connectivity index (χ4v) is 3.69. The Hall–Kier alpha value is -1.45. The molecule has 0 amide bonds. The smallest absolute Gasteiger partial charge is 0.183 e. The van der Waals surface area contributed by atoms with Crippen molar-refractivity contribution in [3.63, 3.8) is 0 Å². The van der Waals surface area contributed by atoms with Crippen molar-refractivity contribution in [2.45, 2.75) is 4.90 Å². The summed E-state index contributed by atoms with van der Waals surface area (Å²) in [6, 6.07) is 7.17. The molecule has 0 fully saturated rings. The van der Waals surface area contributed by atoms with E-state index in [1.165, 1.54) is 0 Å². The summed E-state index contributed by atoms with van der Waals surface area (Å²) in [6.07, 6.45) is 7.29. The van der Waals surface area contributed by atoms with Crippen LogP contribution in [0.3, 0.4) is 0 Å². The van der Waals surface area contributed by atoms with Crippen molar-refractivity contribution in [3.05, 3.63) is 54.1 Å². The van der Waals surface area contributed by atoms with E-state index in [0.717, 1.165) is 4.86 Å². The molecule has 0 radical (unpaired) electrons. The van der Waals surface area contributed by atoms with Gasteiger partial charge in [0, 0.05) is 0 Å². The van der Waals surface area contributed by atoms with Crippen LogP contribution in [0.4, 0.5) is 0 Å². The largest absolute Gasteiger partial charge is 0.646 e. The van der Waals surface area contributed by atoms with Crippen LogP contribution in [0.15, 0.2) is 53.5 Å². The summed E-state index contributed by atoms with van der Waals surface area (Å²) < 4.78 is 12.3. The first-order chi connectivity index (χ1) is 7.79. The molecule has 0 N–H and O–H groups in total. The van der Waals surface area contributed by atoms with Crippen molar-refractivity contribution in [1.29, 1.82) is 0 Å². The number of ketones is 1. The summed E-state index contributed by atoms with van der Waals surface area (Å²) in [4.78, 5) is 13.6. The Morgan fingerprint density at radius 1 is 1.19 bits per heavy atom. The van der Waals surface area contributed by atoms with Crippen LogP contribution >= 0.6 is 0 Å². The molecule has 1 aliphatic heterocycles. The number of hydrogen-bond acceptors (Lipinski definition) is 2. The first-order valence-corrected chi connectivity index (χ1v) is 6.37. The van der Waals surface area contributed by atoms with Gasteiger partial charge in [0.05, 0.1) is 5.56 Å². The summed E-state index contributed by atoms with van der Waals surface area (Å²) >= 11 is 0. The molecule has 1 heterocycles. The summed E-state index contributed by atoms with van der Waals surface area (Å²) in [5.41, 5.74) is 0.609. The number of hydrogen-bond donors (Lipinski definition) is 0. The van der Waals surface area contributed by atoms with E-state index >= 15 is 0 Å². The van der Waals surface area contributed by atoms with Gasteiger partial charge in [-0.1, -0.05) is 30.4 Å². The zero-order valence-electron chi connectivity index (χ0n) is 8.46. The zero-order valence-corrected chi connectivity index (χ0v) is 9.35. The maximum Gasteiger partial charge on any atom is 0.183 e. The van der Waals surface area contributed by atoms with Crippen molar-refractivity contribution in [1.82, 2.24) is 0 Å². The van der Waals surface area contributed by atoms with E-state index in [1.807, 2.05) is 30.4 Å². The minimum Gasteiger partial charge on any atom is -0.646 e. The van der Waals surface area contributed by atoms with Gasteiger partial charge in [-0.05, 0) is 18.2 Å².